The summed E-state index contributed by atoms with van der Waals surface area (Å²) < 4.78 is 5.22. The SMILES string of the molecule is C=Cc1cccc(C(C)O)c1OC(=O)C(=C)C. The number of hydrogen-bond donors (Lipinski definition) is 1. The molecule has 0 heterocycles. The Morgan fingerprint density at radius 1 is 1.53 bits per heavy atom. The Morgan fingerprint density at radius 2 is 2.18 bits per heavy atom. The van der Waals surface area contributed by atoms with Crippen LogP contribution in [0.15, 0.2) is 36.9 Å². The Bertz CT molecular complexity index is 459. The van der Waals surface area contributed by atoms with Gasteiger partial charge >= 0.3 is 5.97 Å². The number of aliphatic hydroxyl groups is 1. The Hall–Kier alpha value is -1.87. The zero-order valence-corrected chi connectivity index (χ0v) is 10.1. The third-order valence-corrected chi connectivity index (χ3v) is 2.29. The molecule has 0 aliphatic carbocycles. The highest BCUT2D eigenvalue weighted by molar-refractivity contribution is 5.89. The van der Waals surface area contributed by atoms with Gasteiger partial charge in [-0.25, -0.2) is 4.79 Å². The van der Waals surface area contributed by atoms with Crippen LogP contribution in [0.5, 0.6) is 5.75 Å². The highest BCUT2D eigenvalue weighted by Crippen LogP contribution is 2.30. The molecule has 0 radical (unpaired) electrons. The highest BCUT2D eigenvalue weighted by Gasteiger charge is 2.15. The van der Waals surface area contributed by atoms with Crippen molar-refractivity contribution in [1.29, 1.82) is 0 Å². The summed E-state index contributed by atoms with van der Waals surface area (Å²) in [6, 6.07) is 5.25. The Labute approximate surface area is 101 Å². The van der Waals surface area contributed by atoms with Gasteiger partial charge in [-0.1, -0.05) is 37.4 Å². The second-order valence-electron chi connectivity index (χ2n) is 3.82. The number of rotatable bonds is 4. The molecule has 0 aromatic heterocycles. The third kappa shape index (κ3) is 3.04. The molecule has 0 saturated carbocycles. The number of benzene rings is 1. The molecule has 0 fully saturated rings. The summed E-state index contributed by atoms with van der Waals surface area (Å²) in [4.78, 5) is 11.5. The predicted octanol–water partition coefficient (Wildman–Crippen LogP) is 2.86. The Balaban J connectivity index is 3.22. The van der Waals surface area contributed by atoms with Crippen LogP contribution in [0.3, 0.4) is 0 Å². The smallest absolute Gasteiger partial charge is 0.338 e. The van der Waals surface area contributed by atoms with Gasteiger partial charge in [-0.3, -0.25) is 0 Å². The van der Waals surface area contributed by atoms with Crippen molar-refractivity contribution in [3.05, 3.63) is 48.1 Å². The summed E-state index contributed by atoms with van der Waals surface area (Å²) in [5, 5.41) is 9.63. The van der Waals surface area contributed by atoms with Gasteiger partial charge in [-0.2, -0.15) is 0 Å². The van der Waals surface area contributed by atoms with Crippen LogP contribution in [0, 0.1) is 0 Å². The number of carbonyl (C=O) groups is 1. The average molecular weight is 232 g/mol. The highest BCUT2D eigenvalue weighted by atomic mass is 16.5. The van der Waals surface area contributed by atoms with E-state index >= 15 is 0 Å². The lowest BCUT2D eigenvalue weighted by Gasteiger charge is -2.14. The molecule has 1 unspecified atom stereocenters. The van der Waals surface area contributed by atoms with Crippen LogP contribution < -0.4 is 4.74 Å². The third-order valence-electron chi connectivity index (χ3n) is 2.29. The van der Waals surface area contributed by atoms with E-state index in [-0.39, 0.29) is 0 Å². The van der Waals surface area contributed by atoms with Crippen LogP contribution in [-0.2, 0) is 4.79 Å². The standard InChI is InChI=1S/C14H16O3/c1-5-11-7-6-8-12(10(4)15)13(11)17-14(16)9(2)3/h5-8,10,15H,1-2H2,3-4H3. The maximum atomic E-state index is 11.5. The molecule has 0 spiro atoms. The molecule has 3 nitrogen and oxygen atoms in total. The summed E-state index contributed by atoms with van der Waals surface area (Å²) in [5.74, 6) is -0.174. The van der Waals surface area contributed by atoms with Crippen LogP contribution in [0.4, 0.5) is 0 Å². The fourth-order valence-corrected chi connectivity index (χ4v) is 1.36. The normalized spacial score (nSPS) is 11.7. The van der Waals surface area contributed by atoms with E-state index in [1.165, 1.54) is 0 Å². The van der Waals surface area contributed by atoms with E-state index in [1.54, 1.807) is 38.1 Å². The lowest BCUT2D eigenvalue weighted by Crippen LogP contribution is -2.11. The number of para-hydroxylation sites is 1. The molecule has 90 valence electrons. The predicted molar refractivity (Wildman–Crippen MR) is 67.6 cm³/mol. The summed E-state index contributed by atoms with van der Waals surface area (Å²) in [6.07, 6.45) is 0.857. The fraction of sp³-hybridized carbons (Fsp3) is 0.214. The van der Waals surface area contributed by atoms with Gasteiger partial charge in [0.1, 0.15) is 5.75 Å². The molecule has 1 N–H and O–H groups in total. The van der Waals surface area contributed by atoms with Crippen molar-refractivity contribution in [3.8, 4) is 5.75 Å². The van der Waals surface area contributed by atoms with Crippen molar-refractivity contribution in [1.82, 2.24) is 0 Å². The van der Waals surface area contributed by atoms with Crippen LogP contribution >= 0.6 is 0 Å². The van der Waals surface area contributed by atoms with E-state index in [1.807, 2.05) is 0 Å². The largest absolute Gasteiger partial charge is 0.422 e. The first-order chi connectivity index (χ1) is 7.97. The molecule has 0 amide bonds. The Morgan fingerprint density at radius 3 is 2.65 bits per heavy atom. The van der Waals surface area contributed by atoms with Gasteiger partial charge < -0.3 is 9.84 Å². The van der Waals surface area contributed by atoms with E-state index in [4.69, 9.17) is 4.74 Å². The number of aliphatic hydroxyl groups excluding tert-OH is 1. The quantitative estimate of drug-likeness (QED) is 0.493. The van der Waals surface area contributed by atoms with Crippen molar-refractivity contribution in [3.63, 3.8) is 0 Å². The van der Waals surface area contributed by atoms with Crippen LogP contribution in [0.1, 0.15) is 31.1 Å². The van der Waals surface area contributed by atoms with E-state index in [0.29, 0.717) is 22.4 Å². The van der Waals surface area contributed by atoms with E-state index < -0.39 is 12.1 Å². The van der Waals surface area contributed by atoms with Crippen molar-refractivity contribution in [2.45, 2.75) is 20.0 Å². The minimum Gasteiger partial charge on any atom is -0.422 e. The van der Waals surface area contributed by atoms with E-state index in [0.717, 1.165) is 0 Å². The molecule has 1 aromatic carbocycles. The maximum absolute atomic E-state index is 11.5. The molecule has 0 aliphatic rings. The van der Waals surface area contributed by atoms with Gasteiger partial charge in [0, 0.05) is 16.7 Å². The van der Waals surface area contributed by atoms with Crippen molar-refractivity contribution < 1.29 is 14.6 Å². The summed E-state index contributed by atoms with van der Waals surface area (Å²) in [5.41, 5.74) is 1.52. The first-order valence-corrected chi connectivity index (χ1v) is 5.28. The van der Waals surface area contributed by atoms with Crippen molar-refractivity contribution in [2.24, 2.45) is 0 Å². The van der Waals surface area contributed by atoms with Gasteiger partial charge in [0.25, 0.3) is 0 Å². The molecule has 0 bridgehead atoms. The molecule has 0 saturated heterocycles. The number of carbonyl (C=O) groups excluding carboxylic acids is 1. The summed E-state index contributed by atoms with van der Waals surface area (Å²) in [6.45, 7) is 10.3. The van der Waals surface area contributed by atoms with Gasteiger partial charge in [0.05, 0.1) is 6.10 Å². The van der Waals surface area contributed by atoms with Crippen LogP contribution in [-0.4, -0.2) is 11.1 Å². The lowest BCUT2D eigenvalue weighted by molar-refractivity contribution is -0.130. The van der Waals surface area contributed by atoms with Gasteiger partial charge in [0.15, 0.2) is 0 Å². The first-order valence-electron chi connectivity index (χ1n) is 5.28. The molecule has 1 atom stereocenters. The zero-order chi connectivity index (χ0) is 13.0. The molecular formula is C14H16O3. The molecule has 17 heavy (non-hydrogen) atoms. The molecular weight excluding hydrogens is 216 g/mol. The fourth-order valence-electron chi connectivity index (χ4n) is 1.36. The topological polar surface area (TPSA) is 46.5 Å². The molecule has 1 rings (SSSR count). The van der Waals surface area contributed by atoms with Crippen molar-refractivity contribution >= 4 is 12.0 Å². The first kappa shape index (κ1) is 13.2. The second kappa shape index (κ2) is 5.46. The number of ether oxygens (including phenoxy) is 1. The van der Waals surface area contributed by atoms with Crippen LogP contribution in [0.25, 0.3) is 6.08 Å². The minimum absolute atomic E-state index is 0.306. The average Bonchev–Trinajstić information content (AvgIpc) is 2.28. The monoisotopic (exact) mass is 232 g/mol. The number of hydrogen-bond acceptors (Lipinski definition) is 3. The lowest BCUT2D eigenvalue weighted by atomic mass is 10.0. The van der Waals surface area contributed by atoms with Gasteiger partial charge in [-0.15, -0.1) is 0 Å². The van der Waals surface area contributed by atoms with Gasteiger partial charge in [0.2, 0.25) is 0 Å². The minimum atomic E-state index is -0.720. The molecule has 3 heteroatoms. The zero-order valence-electron chi connectivity index (χ0n) is 10.1. The van der Waals surface area contributed by atoms with Crippen LogP contribution in [0.2, 0.25) is 0 Å². The maximum Gasteiger partial charge on any atom is 0.338 e. The molecule has 0 aliphatic heterocycles. The molecule has 1 aromatic rings. The summed E-state index contributed by atoms with van der Waals surface area (Å²) >= 11 is 0. The number of esters is 1. The van der Waals surface area contributed by atoms with E-state index in [2.05, 4.69) is 13.2 Å². The second-order valence-corrected chi connectivity index (χ2v) is 3.82. The van der Waals surface area contributed by atoms with Crippen molar-refractivity contribution in [2.75, 3.05) is 0 Å². The summed E-state index contributed by atoms with van der Waals surface area (Å²) in [7, 11) is 0. The Kier molecular flexibility index (Phi) is 4.24. The van der Waals surface area contributed by atoms with Gasteiger partial charge in [-0.05, 0) is 13.8 Å². The van der Waals surface area contributed by atoms with E-state index in [9.17, 15) is 9.90 Å².